The SMILES string of the molecule is CCCCCn1c(=O)c(-c2cccc(C(=N)N)c2)cc2ccccc21. The number of unbranched alkanes of at least 4 members (excludes halogenated alkanes) is 2. The zero-order valence-electron chi connectivity index (χ0n) is 14.5. The second-order valence-electron chi connectivity index (χ2n) is 6.28. The second kappa shape index (κ2) is 7.34. The molecule has 4 heteroatoms. The fourth-order valence-corrected chi connectivity index (χ4v) is 3.13. The van der Waals surface area contributed by atoms with Crippen molar-refractivity contribution in [3.8, 4) is 11.1 Å². The minimum absolute atomic E-state index is 0.00547. The highest BCUT2D eigenvalue weighted by molar-refractivity contribution is 5.96. The zero-order valence-corrected chi connectivity index (χ0v) is 14.5. The minimum atomic E-state index is 0.00547. The lowest BCUT2D eigenvalue weighted by Crippen LogP contribution is -2.22. The van der Waals surface area contributed by atoms with Gasteiger partial charge in [0.25, 0.3) is 5.56 Å². The number of fused-ring (bicyclic) bond motifs is 1. The molecule has 0 atom stereocenters. The van der Waals surface area contributed by atoms with Crippen LogP contribution in [0, 0.1) is 5.41 Å². The number of aromatic nitrogens is 1. The van der Waals surface area contributed by atoms with Crippen LogP contribution in [0.3, 0.4) is 0 Å². The Morgan fingerprint density at radius 3 is 2.64 bits per heavy atom. The van der Waals surface area contributed by atoms with E-state index in [1.807, 2.05) is 53.1 Å². The highest BCUT2D eigenvalue weighted by Crippen LogP contribution is 2.22. The number of aryl methyl sites for hydroxylation is 1. The molecule has 0 bridgehead atoms. The van der Waals surface area contributed by atoms with E-state index in [-0.39, 0.29) is 11.4 Å². The Morgan fingerprint density at radius 2 is 1.88 bits per heavy atom. The van der Waals surface area contributed by atoms with E-state index in [1.165, 1.54) is 0 Å². The molecule has 0 aliphatic heterocycles. The van der Waals surface area contributed by atoms with Gasteiger partial charge in [-0.15, -0.1) is 0 Å². The summed E-state index contributed by atoms with van der Waals surface area (Å²) in [6, 6.07) is 17.2. The third kappa shape index (κ3) is 3.48. The van der Waals surface area contributed by atoms with Gasteiger partial charge in [-0.1, -0.05) is 56.2 Å². The molecule has 0 unspecified atom stereocenters. The molecule has 2 aromatic carbocycles. The predicted octanol–water partition coefficient (Wildman–Crippen LogP) is 4.14. The van der Waals surface area contributed by atoms with Crippen LogP contribution in [0.25, 0.3) is 22.0 Å². The molecule has 0 radical (unpaired) electrons. The monoisotopic (exact) mass is 333 g/mol. The van der Waals surface area contributed by atoms with Gasteiger partial charge in [-0.05, 0) is 35.6 Å². The third-order valence-corrected chi connectivity index (χ3v) is 4.47. The summed E-state index contributed by atoms with van der Waals surface area (Å²) in [6.07, 6.45) is 3.20. The second-order valence-corrected chi connectivity index (χ2v) is 6.28. The van der Waals surface area contributed by atoms with Crippen molar-refractivity contribution in [1.29, 1.82) is 5.41 Å². The van der Waals surface area contributed by atoms with E-state index in [1.54, 1.807) is 6.07 Å². The van der Waals surface area contributed by atoms with Crippen molar-refractivity contribution in [2.24, 2.45) is 5.73 Å². The number of hydrogen-bond donors (Lipinski definition) is 2. The van der Waals surface area contributed by atoms with Crippen molar-refractivity contribution in [1.82, 2.24) is 4.57 Å². The van der Waals surface area contributed by atoms with Crippen molar-refractivity contribution < 1.29 is 0 Å². The Hall–Kier alpha value is -2.88. The van der Waals surface area contributed by atoms with E-state index < -0.39 is 0 Å². The zero-order chi connectivity index (χ0) is 17.8. The number of hydrogen-bond acceptors (Lipinski definition) is 2. The molecule has 25 heavy (non-hydrogen) atoms. The number of para-hydroxylation sites is 1. The molecule has 3 rings (SSSR count). The first-order chi connectivity index (χ1) is 12.1. The van der Waals surface area contributed by atoms with Crippen LogP contribution in [0.4, 0.5) is 0 Å². The molecule has 0 amide bonds. The van der Waals surface area contributed by atoms with Crippen LogP contribution in [0.5, 0.6) is 0 Å². The quantitative estimate of drug-likeness (QED) is 0.404. The maximum Gasteiger partial charge on any atom is 0.258 e. The Morgan fingerprint density at radius 1 is 1.08 bits per heavy atom. The lowest BCUT2D eigenvalue weighted by molar-refractivity contribution is 0.603. The smallest absolute Gasteiger partial charge is 0.258 e. The fourth-order valence-electron chi connectivity index (χ4n) is 3.13. The fraction of sp³-hybridized carbons (Fsp3) is 0.238. The van der Waals surface area contributed by atoms with E-state index in [0.29, 0.717) is 17.7 Å². The summed E-state index contributed by atoms with van der Waals surface area (Å²) in [5.74, 6) is 0.00547. The van der Waals surface area contributed by atoms with Gasteiger partial charge in [-0.2, -0.15) is 0 Å². The largest absolute Gasteiger partial charge is 0.384 e. The molecule has 0 saturated heterocycles. The van der Waals surface area contributed by atoms with Gasteiger partial charge in [0.2, 0.25) is 0 Å². The molecule has 3 aromatic rings. The Bertz CT molecular complexity index is 972. The van der Waals surface area contributed by atoms with Crippen molar-refractivity contribution in [3.63, 3.8) is 0 Å². The number of nitrogens with zero attached hydrogens (tertiary/aromatic N) is 1. The van der Waals surface area contributed by atoms with Crippen LogP contribution in [0.1, 0.15) is 31.7 Å². The molecule has 1 aromatic heterocycles. The predicted molar refractivity (Wildman–Crippen MR) is 104 cm³/mol. The summed E-state index contributed by atoms with van der Waals surface area (Å²) < 4.78 is 1.88. The summed E-state index contributed by atoms with van der Waals surface area (Å²) >= 11 is 0. The van der Waals surface area contributed by atoms with Gasteiger partial charge in [0.15, 0.2) is 0 Å². The van der Waals surface area contributed by atoms with Crippen LogP contribution in [-0.4, -0.2) is 10.4 Å². The molecular weight excluding hydrogens is 310 g/mol. The van der Waals surface area contributed by atoms with E-state index in [9.17, 15) is 4.79 Å². The Balaban J connectivity index is 2.19. The van der Waals surface area contributed by atoms with Crippen molar-refractivity contribution >= 4 is 16.7 Å². The molecular formula is C21H23N3O. The maximum atomic E-state index is 13.1. The van der Waals surface area contributed by atoms with E-state index in [4.69, 9.17) is 11.1 Å². The van der Waals surface area contributed by atoms with E-state index >= 15 is 0 Å². The van der Waals surface area contributed by atoms with Crippen molar-refractivity contribution in [2.75, 3.05) is 0 Å². The van der Waals surface area contributed by atoms with Crippen molar-refractivity contribution in [3.05, 3.63) is 70.5 Å². The van der Waals surface area contributed by atoms with Crippen molar-refractivity contribution in [2.45, 2.75) is 32.7 Å². The number of benzene rings is 2. The molecule has 0 aliphatic carbocycles. The average Bonchev–Trinajstić information content (AvgIpc) is 2.63. The number of pyridine rings is 1. The van der Waals surface area contributed by atoms with Gasteiger partial charge in [-0.25, -0.2) is 0 Å². The van der Waals surface area contributed by atoms with E-state index in [2.05, 4.69) is 6.92 Å². The third-order valence-electron chi connectivity index (χ3n) is 4.47. The molecule has 0 spiro atoms. The Kier molecular flexibility index (Phi) is 4.98. The topological polar surface area (TPSA) is 71.9 Å². The van der Waals surface area contributed by atoms with Gasteiger partial charge >= 0.3 is 0 Å². The normalized spacial score (nSPS) is 10.9. The number of nitrogen functional groups attached to an aromatic ring is 1. The van der Waals surface area contributed by atoms with Crippen LogP contribution in [0.2, 0.25) is 0 Å². The number of rotatable bonds is 6. The van der Waals surface area contributed by atoms with Gasteiger partial charge in [-0.3, -0.25) is 10.2 Å². The lowest BCUT2D eigenvalue weighted by Gasteiger charge is -2.13. The number of nitrogens with one attached hydrogen (secondary N) is 1. The molecule has 4 nitrogen and oxygen atoms in total. The highest BCUT2D eigenvalue weighted by Gasteiger charge is 2.11. The molecule has 0 saturated carbocycles. The summed E-state index contributed by atoms with van der Waals surface area (Å²) in [6.45, 7) is 2.87. The summed E-state index contributed by atoms with van der Waals surface area (Å²) in [5.41, 5.74) is 8.65. The molecule has 0 aliphatic rings. The van der Waals surface area contributed by atoms with Crippen LogP contribution >= 0.6 is 0 Å². The van der Waals surface area contributed by atoms with Gasteiger partial charge < -0.3 is 10.3 Å². The van der Waals surface area contributed by atoms with Gasteiger partial charge in [0.05, 0.1) is 5.52 Å². The number of nitrogens with two attached hydrogens (primary N) is 1. The number of amidine groups is 1. The molecule has 0 fully saturated rings. The summed E-state index contributed by atoms with van der Waals surface area (Å²) in [4.78, 5) is 13.1. The van der Waals surface area contributed by atoms with Gasteiger partial charge in [0, 0.05) is 17.7 Å². The van der Waals surface area contributed by atoms with Gasteiger partial charge in [0.1, 0.15) is 5.84 Å². The minimum Gasteiger partial charge on any atom is -0.384 e. The maximum absolute atomic E-state index is 13.1. The first-order valence-corrected chi connectivity index (χ1v) is 8.69. The summed E-state index contributed by atoms with van der Waals surface area (Å²) in [7, 11) is 0. The Labute approximate surface area is 147 Å². The van der Waals surface area contributed by atoms with E-state index in [0.717, 1.165) is 35.7 Å². The lowest BCUT2D eigenvalue weighted by atomic mass is 10.0. The van der Waals surface area contributed by atoms with Crippen LogP contribution in [0.15, 0.2) is 59.4 Å². The average molecular weight is 333 g/mol. The molecule has 1 heterocycles. The van der Waals surface area contributed by atoms with Crippen LogP contribution in [-0.2, 0) is 6.54 Å². The molecule has 3 N–H and O–H groups in total. The first kappa shape index (κ1) is 17.0. The standard InChI is InChI=1S/C21H23N3O/c1-2-3-6-12-24-19-11-5-4-8-16(19)14-18(21(24)25)15-9-7-10-17(13-15)20(22)23/h4-5,7-11,13-14H,2-3,6,12H2,1H3,(H3,22,23). The molecule has 128 valence electrons. The summed E-state index contributed by atoms with van der Waals surface area (Å²) in [5, 5.41) is 8.67. The first-order valence-electron chi connectivity index (χ1n) is 8.69. The highest BCUT2D eigenvalue weighted by atomic mass is 16.1. The van der Waals surface area contributed by atoms with Crippen LogP contribution < -0.4 is 11.3 Å².